The monoisotopic (exact) mass is 355 g/mol. The van der Waals surface area contributed by atoms with Gasteiger partial charge in [0.15, 0.2) is 0 Å². The summed E-state index contributed by atoms with van der Waals surface area (Å²) in [6.45, 7) is 9.27. The van der Waals surface area contributed by atoms with Gasteiger partial charge < -0.3 is 19.9 Å². The van der Waals surface area contributed by atoms with E-state index in [4.69, 9.17) is 9.47 Å². The molecule has 1 amide bonds. The fourth-order valence-corrected chi connectivity index (χ4v) is 2.12. The van der Waals surface area contributed by atoms with Gasteiger partial charge in [0.05, 0.1) is 6.61 Å². The molecule has 0 radical (unpaired) electrons. The van der Waals surface area contributed by atoms with Crippen LogP contribution in [0.25, 0.3) is 0 Å². The van der Waals surface area contributed by atoms with Crippen LogP contribution in [0.15, 0.2) is 12.1 Å². The van der Waals surface area contributed by atoms with Gasteiger partial charge in [-0.2, -0.15) is 0 Å². The second-order valence-corrected chi connectivity index (χ2v) is 6.86. The predicted molar refractivity (Wildman–Crippen MR) is 91.6 cm³/mol. The highest BCUT2D eigenvalue weighted by molar-refractivity contribution is 5.91. The maximum Gasteiger partial charge on any atom is 0.407 e. The number of benzene rings is 1. The minimum Gasteiger partial charge on any atom is -0.492 e. The number of carbonyl (C=O) groups is 2. The second-order valence-electron chi connectivity index (χ2n) is 6.86. The minimum absolute atomic E-state index is 0.0409. The van der Waals surface area contributed by atoms with Gasteiger partial charge in [0.2, 0.25) is 0 Å². The van der Waals surface area contributed by atoms with Crippen molar-refractivity contribution in [2.24, 2.45) is 5.92 Å². The van der Waals surface area contributed by atoms with Crippen LogP contribution < -0.4 is 10.1 Å². The number of halogens is 1. The highest BCUT2D eigenvalue weighted by Gasteiger charge is 2.20. The molecule has 0 aromatic heterocycles. The van der Waals surface area contributed by atoms with Crippen LogP contribution in [-0.2, 0) is 11.2 Å². The van der Waals surface area contributed by atoms with Gasteiger partial charge in [0.1, 0.15) is 22.7 Å². The Morgan fingerprint density at radius 1 is 1.32 bits per heavy atom. The Labute approximate surface area is 147 Å². The molecule has 0 aliphatic rings. The Balaban J connectivity index is 2.70. The molecule has 2 N–H and O–H groups in total. The number of amides is 1. The van der Waals surface area contributed by atoms with E-state index in [2.05, 4.69) is 5.32 Å². The Hall–Kier alpha value is -2.31. The summed E-state index contributed by atoms with van der Waals surface area (Å²) in [7, 11) is 0. The average Bonchev–Trinajstić information content (AvgIpc) is 2.48. The average molecular weight is 355 g/mol. The Morgan fingerprint density at radius 2 is 1.96 bits per heavy atom. The first-order valence-corrected chi connectivity index (χ1v) is 8.19. The number of nitrogens with one attached hydrogen (secondary N) is 1. The fourth-order valence-electron chi connectivity index (χ4n) is 2.12. The predicted octanol–water partition coefficient (Wildman–Crippen LogP) is 3.63. The Kier molecular flexibility index (Phi) is 7.21. The van der Waals surface area contributed by atoms with E-state index >= 15 is 0 Å². The largest absolute Gasteiger partial charge is 0.492 e. The third kappa shape index (κ3) is 6.60. The van der Waals surface area contributed by atoms with Crippen molar-refractivity contribution in [1.29, 1.82) is 0 Å². The van der Waals surface area contributed by atoms with Crippen molar-refractivity contribution < 1.29 is 28.6 Å². The van der Waals surface area contributed by atoms with Crippen LogP contribution in [0.5, 0.6) is 5.75 Å². The SMILES string of the molecule is CCc1c(F)ccc(C(=O)O)c1OCC(C)CNC(=O)OC(C)(C)C. The second kappa shape index (κ2) is 8.69. The van der Waals surface area contributed by atoms with Gasteiger partial charge in [-0.25, -0.2) is 14.0 Å². The molecule has 0 bridgehead atoms. The normalized spacial score (nSPS) is 12.4. The Bertz CT molecular complexity index is 625. The number of carboxylic acids is 1. The van der Waals surface area contributed by atoms with E-state index in [0.717, 1.165) is 6.07 Å². The molecule has 1 unspecified atom stereocenters. The van der Waals surface area contributed by atoms with Crippen LogP contribution in [0.1, 0.15) is 50.5 Å². The summed E-state index contributed by atoms with van der Waals surface area (Å²) in [6, 6.07) is 2.32. The number of carbonyl (C=O) groups excluding carboxylic acids is 1. The highest BCUT2D eigenvalue weighted by Crippen LogP contribution is 2.28. The molecule has 7 heteroatoms. The first-order chi connectivity index (χ1) is 11.5. The molecule has 1 aromatic carbocycles. The molecule has 0 saturated heterocycles. The molecule has 0 spiro atoms. The quantitative estimate of drug-likeness (QED) is 0.780. The molecule has 1 aromatic rings. The first-order valence-electron chi connectivity index (χ1n) is 8.19. The molecule has 0 heterocycles. The van der Waals surface area contributed by atoms with Crippen LogP contribution in [0.2, 0.25) is 0 Å². The molecule has 1 rings (SSSR count). The third-order valence-electron chi connectivity index (χ3n) is 3.29. The zero-order chi connectivity index (χ0) is 19.2. The van der Waals surface area contributed by atoms with Gasteiger partial charge >= 0.3 is 12.1 Å². The van der Waals surface area contributed by atoms with Crippen molar-refractivity contribution in [3.8, 4) is 5.75 Å². The van der Waals surface area contributed by atoms with Crippen molar-refractivity contribution in [2.45, 2.75) is 46.6 Å². The molecule has 0 aliphatic carbocycles. The van der Waals surface area contributed by atoms with Crippen LogP contribution in [0.4, 0.5) is 9.18 Å². The summed E-state index contributed by atoms with van der Waals surface area (Å²) in [6.07, 6.45) is -0.224. The number of carboxylic acid groups (broad SMARTS) is 1. The molecule has 0 fully saturated rings. The third-order valence-corrected chi connectivity index (χ3v) is 3.29. The smallest absolute Gasteiger partial charge is 0.407 e. The maximum atomic E-state index is 13.9. The zero-order valence-electron chi connectivity index (χ0n) is 15.3. The van der Waals surface area contributed by atoms with E-state index in [1.165, 1.54) is 6.07 Å². The van der Waals surface area contributed by atoms with E-state index in [-0.39, 0.29) is 35.9 Å². The highest BCUT2D eigenvalue weighted by atomic mass is 19.1. The number of ether oxygens (including phenoxy) is 2. The lowest BCUT2D eigenvalue weighted by Gasteiger charge is -2.21. The number of hydrogen-bond donors (Lipinski definition) is 2. The van der Waals surface area contributed by atoms with E-state index in [0.29, 0.717) is 6.42 Å². The summed E-state index contributed by atoms with van der Waals surface area (Å²) in [5.41, 5.74) is -0.435. The summed E-state index contributed by atoms with van der Waals surface area (Å²) < 4.78 is 24.6. The number of aromatic carboxylic acids is 1. The molecule has 140 valence electrons. The lowest BCUT2D eigenvalue weighted by atomic mass is 10.1. The van der Waals surface area contributed by atoms with Crippen molar-refractivity contribution in [3.05, 3.63) is 29.1 Å². The summed E-state index contributed by atoms with van der Waals surface area (Å²) >= 11 is 0. The molecule has 0 aliphatic heterocycles. The van der Waals surface area contributed by atoms with Gasteiger partial charge in [-0.3, -0.25) is 0 Å². The summed E-state index contributed by atoms with van der Waals surface area (Å²) in [4.78, 5) is 22.9. The molecule has 0 saturated carbocycles. The van der Waals surface area contributed by atoms with E-state index in [1.54, 1.807) is 27.7 Å². The zero-order valence-corrected chi connectivity index (χ0v) is 15.3. The van der Waals surface area contributed by atoms with Gasteiger partial charge in [-0.05, 0) is 39.3 Å². The topological polar surface area (TPSA) is 84.9 Å². The lowest BCUT2D eigenvalue weighted by molar-refractivity contribution is 0.0516. The van der Waals surface area contributed by atoms with Crippen molar-refractivity contribution in [2.75, 3.05) is 13.2 Å². The molecular weight excluding hydrogens is 329 g/mol. The van der Waals surface area contributed by atoms with Gasteiger partial charge in [0, 0.05) is 18.0 Å². The van der Waals surface area contributed by atoms with Crippen LogP contribution >= 0.6 is 0 Å². The molecular formula is C18H26FNO5. The molecule has 25 heavy (non-hydrogen) atoms. The summed E-state index contributed by atoms with van der Waals surface area (Å²) in [5, 5.41) is 11.9. The van der Waals surface area contributed by atoms with Crippen molar-refractivity contribution in [1.82, 2.24) is 5.32 Å². The van der Waals surface area contributed by atoms with Gasteiger partial charge in [0.25, 0.3) is 0 Å². The van der Waals surface area contributed by atoms with E-state index < -0.39 is 23.5 Å². The molecule has 6 nitrogen and oxygen atoms in total. The number of alkyl carbamates (subject to hydrolysis) is 1. The van der Waals surface area contributed by atoms with Gasteiger partial charge in [-0.15, -0.1) is 0 Å². The maximum absolute atomic E-state index is 13.9. The minimum atomic E-state index is -1.18. The standard InChI is InChI=1S/C18H26FNO5/c1-6-12-14(19)8-7-13(16(21)22)15(12)24-10-11(2)9-20-17(23)25-18(3,4)5/h7-8,11H,6,9-10H2,1-5H3,(H,20,23)(H,21,22). The summed E-state index contributed by atoms with van der Waals surface area (Å²) in [5.74, 6) is -1.76. The lowest BCUT2D eigenvalue weighted by Crippen LogP contribution is -2.36. The Morgan fingerprint density at radius 3 is 2.48 bits per heavy atom. The van der Waals surface area contributed by atoms with E-state index in [9.17, 15) is 19.1 Å². The fraction of sp³-hybridized carbons (Fsp3) is 0.556. The molecule has 1 atom stereocenters. The van der Waals surface area contributed by atoms with Crippen LogP contribution in [-0.4, -0.2) is 35.9 Å². The van der Waals surface area contributed by atoms with Crippen LogP contribution in [0.3, 0.4) is 0 Å². The van der Waals surface area contributed by atoms with Gasteiger partial charge in [-0.1, -0.05) is 13.8 Å². The van der Waals surface area contributed by atoms with Crippen molar-refractivity contribution in [3.63, 3.8) is 0 Å². The number of rotatable bonds is 7. The van der Waals surface area contributed by atoms with Crippen molar-refractivity contribution >= 4 is 12.1 Å². The number of hydrogen-bond acceptors (Lipinski definition) is 4. The van der Waals surface area contributed by atoms with E-state index in [1.807, 2.05) is 6.92 Å². The first kappa shape index (κ1) is 20.7. The van der Waals surface area contributed by atoms with Crippen LogP contribution in [0, 0.1) is 11.7 Å².